The zero-order valence-corrected chi connectivity index (χ0v) is 9.51. The molecule has 6 nitrogen and oxygen atoms in total. The van der Waals surface area contributed by atoms with Crippen LogP contribution in [0.1, 0.15) is 0 Å². The molecule has 4 N–H and O–H groups in total. The highest BCUT2D eigenvalue weighted by molar-refractivity contribution is 5.20. The minimum Gasteiger partial charge on any atom is -0.462 e. The Morgan fingerprint density at radius 2 is 1.78 bits per heavy atom. The summed E-state index contributed by atoms with van der Waals surface area (Å²) >= 11 is 0. The second-order valence-electron chi connectivity index (χ2n) is 4.05. The van der Waals surface area contributed by atoms with Crippen LogP contribution in [0.15, 0.2) is 24.3 Å². The van der Waals surface area contributed by atoms with Crippen molar-refractivity contribution in [3.8, 4) is 5.75 Å². The summed E-state index contributed by atoms with van der Waals surface area (Å²) in [4.78, 5) is 0. The van der Waals surface area contributed by atoms with Crippen molar-refractivity contribution in [3.05, 3.63) is 30.3 Å². The maximum atomic E-state index is 9.73. The summed E-state index contributed by atoms with van der Waals surface area (Å²) in [5.41, 5.74) is 0. The second-order valence-corrected chi connectivity index (χ2v) is 4.05. The van der Waals surface area contributed by atoms with E-state index in [0.717, 1.165) is 0 Å². The minimum atomic E-state index is -1.43. The number of hydrogen-bond acceptors (Lipinski definition) is 6. The number of benzene rings is 1. The number of hydrogen-bond donors (Lipinski definition) is 4. The normalized spacial score (nSPS) is 36.3. The molecule has 1 aromatic carbocycles. The van der Waals surface area contributed by atoms with Gasteiger partial charge in [0.05, 0.1) is 6.61 Å². The van der Waals surface area contributed by atoms with Crippen LogP contribution in [0.3, 0.4) is 0 Å². The minimum absolute atomic E-state index is 0.429. The molecule has 6 heteroatoms. The molecule has 1 aromatic rings. The van der Waals surface area contributed by atoms with Gasteiger partial charge in [-0.05, 0) is 18.2 Å². The zero-order valence-electron chi connectivity index (χ0n) is 9.51. The van der Waals surface area contributed by atoms with Gasteiger partial charge in [-0.1, -0.05) is 12.1 Å². The summed E-state index contributed by atoms with van der Waals surface area (Å²) in [6, 6.07) is 9.28. The first-order valence-corrected chi connectivity index (χ1v) is 5.57. The molecule has 0 saturated carbocycles. The molecular formula is C12H15O6. The summed E-state index contributed by atoms with van der Waals surface area (Å²) in [6.45, 7) is -0.479. The van der Waals surface area contributed by atoms with Crippen LogP contribution in [0.2, 0.25) is 0 Å². The highest BCUT2D eigenvalue weighted by Gasteiger charge is 2.44. The van der Waals surface area contributed by atoms with E-state index in [-0.39, 0.29) is 0 Å². The summed E-state index contributed by atoms with van der Waals surface area (Å²) in [5, 5.41) is 37.9. The van der Waals surface area contributed by atoms with Crippen molar-refractivity contribution >= 4 is 0 Å². The van der Waals surface area contributed by atoms with Gasteiger partial charge in [-0.2, -0.15) is 0 Å². The third-order valence-electron chi connectivity index (χ3n) is 2.79. The Labute approximate surface area is 104 Å². The standard InChI is InChI=1S/C12H15O6/c13-6-8-9(14)10(15)11(16)12(18-8)17-7-4-2-1-3-5-7/h2-5,8-16H,6H2/t8-,9-,10+,11-,12-/m1/s1. The zero-order chi connectivity index (χ0) is 13.1. The highest BCUT2D eigenvalue weighted by Crippen LogP contribution is 2.23. The molecule has 18 heavy (non-hydrogen) atoms. The van der Waals surface area contributed by atoms with E-state index >= 15 is 0 Å². The van der Waals surface area contributed by atoms with Crippen LogP contribution >= 0.6 is 0 Å². The van der Waals surface area contributed by atoms with Crippen LogP contribution in [0.4, 0.5) is 0 Å². The molecule has 1 heterocycles. The Hall–Kier alpha value is -1.18. The SMILES string of the molecule is OC[C@H]1O[C@@H](Oc2cc[c]cc2)[C@H](O)[C@@H](O)[C@@H]1O. The van der Waals surface area contributed by atoms with Gasteiger partial charge in [-0.15, -0.1) is 0 Å². The first-order valence-electron chi connectivity index (χ1n) is 5.57. The molecule has 0 aromatic heterocycles. The van der Waals surface area contributed by atoms with Crippen LogP contribution in [-0.2, 0) is 4.74 Å². The average molecular weight is 255 g/mol. The molecule has 0 spiro atoms. The lowest BCUT2D eigenvalue weighted by Gasteiger charge is -2.39. The Morgan fingerprint density at radius 1 is 1.11 bits per heavy atom. The van der Waals surface area contributed by atoms with E-state index in [4.69, 9.17) is 14.6 Å². The summed E-state index contributed by atoms with van der Waals surface area (Å²) in [7, 11) is 0. The fraction of sp³-hybridized carbons (Fsp3) is 0.500. The second kappa shape index (κ2) is 5.64. The third kappa shape index (κ3) is 2.63. The largest absolute Gasteiger partial charge is 0.462 e. The molecule has 2 rings (SSSR count). The van der Waals surface area contributed by atoms with Crippen molar-refractivity contribution in [1.29, 1.82) is 0 Å². The van der Waals surface area contributed by atoms with Crippen molar-refractivity contribution < 1.29 is 29.9 Å². The predicted octanol–water partition coefficient (Wildman–Crippen LogP) is -1.33. The lowest BCUT2D eigenvalue weighted by atomic mass is 9.99. The lowest BCUT2D eigenvalue weighted by molar-refractivity contribution is -0.277. The quantitative estimate of drug-likeness (QED) is 0.534. The topological polar surface area (TPSA) is 99.4 Å². The Bertz CT molecular complexity index is 368. The van der Waals surface area contributed by atoms with Crippen molar-refractivity contribution in [2.75, 3.05) is 6.61 Å². The molecular weight excluding hydrogens is 240 g/mol. The van der Waals surface area contributed by atoms with Crippen LogP contribution in [0.5, 0.6) is 5.75 Å². The van der Waals surface area contributed by atoms with E-state index in [1.165, 1.54) is 0 Å². The fourth-order valence-corrected chi connectivity index (χ4v) is 1.75. The van der Waals surface area contributed by atoms with Crippen LogP contribution < -0.4 is 4.74 Å². The Balaban J connectivity index is 2.08. The van der Waals surface area contributed by atoms with E-state index in [9.17, 15) is 15.3 Å². The molecule has 1 fully saturated rings. The Morgan fingerprint density at radius 3 is 2.39 bits per heavy atom. The summed E-state index contributed by atoms with van der Waals surface area (Å²) in [6.07, 6.45) is -6.33. The van der Waals surface area contributed by atoms with Gasteiger partial charge < -0.3 is 29.9 Å². The van der Waals surface area contributed by atoms with Crippen molar-refractivity contribution in [1.82, 2.24) is 0 Å². The average Bonchev–Trinajstić information content (AvgIpc) is 2.40. The van der Waals surface area contributed by atoms with Gasteiger partial charge >= 0.3 is 0 Å². The Kier molecular flexibility index (Phi) is 4.15. The summed E-state index contributed by atoms with van der Waals surface area (Å²) in [5.74, 6) is 0.429. The van der Waals surface area contributed by atoms with Crippen LogP contribution in [-0.4, -0.2) is 57.7 Å². The maximum absolute atomic E-state index is 9.73. The molecule has 0 bridgehead atoms. The number of aliphatic hydroxyl groups excluding tert-OH is 4. The third-order valence-corrected chi connectivity index (χ3v) is 2.79. The lowest BCUT2D eigenvalue weighted by Crippen LogP contribution is -2.60. The van der Waals surface area contributed by atoms with Crippen LogP contribution in [0.25, 0.3) is 0 Å². The van der Waals surface area contributed by atoms with Gasteiger partial charge in [0.25, 0.3) is 0 Å². The van der Waals surface area contributed by atoms with Gasteiger partial charge in [0.2, 0.25) is 6.29 Å². The number of aliphatic hydroxyl groups is 4. The molecule has 1 aliphatic rings. The number of ether oxygens (including phenoxy) is 2. The first kappa shape index (κ1) is 13.3. The van der Waals surface area contributed by atoms with Gasteiger partial charge in [0, 0.05) is 0 Å². The molecule has 0 amide bonds. The van der Waals surface area contributed by atoms with Gasteiger partial charge in [-0.3, -0.25) is 0 Å². The van der Waals surface area contributed by atoms with E-state index in [1.807, 2.05) is 0 Å². The van der Waals surface area contributed by atoms with Gasteiger partial charge in [0.15, 0.2) is 0 Å². The molecule has 99 valence electrons. The monoisotopic (exact) mass is 255 g/mol. The molecule has 0 unspecified atom stereocenters. The maximum Gasteiger partial charge on any atom is 0.229 e. The predicted molar refractivity (Wildman–Crippen MR) is 59.7 cm³/mol. The van der Waals surface area contributed by atoms with Crippen molar-refractivity contribution in [2.45, 2.75) is 30.7 Å². The highest BCUT2D eigenvalue weighted by atomic mass is 16.7. The fourth-order valence-electron chi connectivity index (χ4n) is 1.75. The van der Waals surface area contributed by atoms with Gasteiger partial charge in [0.1, 0.15) is 30.2 Å². The molecule has 1 radical (unpaired) electrons. The summed E-state index contributed by atoms with van der Waals surface area (Å²) < 4.78 is 10.5. The van der Waals surface area contributed by atoms with Gasteiger partial charge in [-0.25, -0.2) is 0 Å². The number of rotatable bonds is 3. The van der Waals surface area contributed by atoms with E-state index in [0.29, 0.717) is 5.75 Å². The van der Waals surface area contributed by atoms with Crippen LogP contribution in [0, 0.1) is 6.07 Å². The smallest absolute Gasteiger partial charge is 0.229 e. The molecule has 5 atom stereocenters. The van der Waals surface area contributed by atoms with E-state index in [1.54, 1.807) is 24.3 Å². The first-order chi connectivity index (χ1) is 8.63. The van der Waals surface area contributed by atoms with Crippen molar-refractivity contribution in [2.24, 2.45) is 0 Å². The van der Waals surface area contributed by atoms with E-state index in [2.05, 4.69) is 6.07 Å². The molecule has 1 aliphatic heterocycles. The molecule has 0 aliphatic carbocycles. The van der Waals surface area contributed by atoms with E-state index < -0.39 is 37.3 Å². The van der Waals surface area contributed by atoms with Crippen molar-refractivity contribution in [3.63, 3.8) is 0 Å². The molecule has 1 saturated heterocycles.